The number of rotatable bonds is 5. The third kappa shape index (κ3) is 4.94. The minimum Gasteiger partial charge on any atom is -0.338 e. The molecule has 2 saturated carbocycles. The van der Waals surface area contributed by atoms with Crippen molar-refractivity contribution in [3.63, 3.8) is 0 Å². The van der Waals surface area contributed by atoms with Gasteiger partial charge in [0.1, 0.15) is 0 Å². The van der Waals surface area contributed by atoms with E-state index < -0.39 is 0 Å². The highest BCUT2D eigenvalue weighted by atomic mass is 32.2. The lowest BCUT2D eigenvalue weighted by Gasteiger charge is -2.35. The maximum atomic E-state index is 12.4. The first-order valence-corrected chi connectivity index (χ1v) is 11.2. The van der Waals surface area contributed by atoms with Gasteiger partial charge in [-0.3, -0.25) is 4.31 Å². The number of hydrogen-bond acceptors (Lipinski definition) is 3. The molecule has 0 radical (unpaired) electrons. The zero-order chi connectivity index (χ0) is 17.6. The van der Waals surface area contributed by atoms with E-state index in [0.717, 1.165) is 18.2 Å². The minimum atomic E-state index is -0.0677. The van der Waals surface area contributed by atoms with Gasteiger partial charge >= 0.3 is 6.03 Å². The molecule has 3 aliphatic rings. The van der Waals surface area contributed by atoms with Crippen LogP contribution in [0.3, 0.4) is 0 Å². The fraction of sp³-hybridized carbons (Fsp3) is 0.889. The van der Waals surface area contributed by atoms with Crippen molar-refractivity contribution in [2.24, 2.45) is 5.92 Å². The monoisotopic (exact) mass is 384 g/mol. The number of hydrogen-bond donors (Lipinski definition) is 2. The van der Waals surface area contributed by atoms with Crippen LogP contribution in [0.15, 0.2) is 0 Å². The number of nitrogens with zero attached hydrogens (tertiary/aromatic N) is 2. The summed E-state index contributed by atoms with van der Waals surface area (Å²) in [4.78, 5) is 14.7. The lowest BCUT2D eigenvalue weighted by atomic mass is 9.89. The second-order valence-corrected chi connectivity index (χ2v) is 8.96. The summed E-state index contributed by atoms with van der Waals surface area (Å²) in [5.74, 6) is 0.651. The highest BCUT2D eigenvalue weighted by Gasteiger charge is 2.40. The Morgan fingerprint density at radius 1 is 1.12 bits per heavy atom. The Balaban J connectivity index is 1.54. The van der Waals surface area contributed by atoms with E-state index in [9.17, 15) is 4.79 Å². The number of carbonyl (C=O) groups excluding carboxylic acids is 1. The fourth-order valence-corrected chi connectivity index (χ4v) is 5.94. The summed E-state index contributed by atoms with van der Waals surface area (Å²) < 4.78 is 2.13. The van der Waals surface area contributed by atoms with Crippen molar-refractivity contribution in [2.45, 2.75) is 82.7 Å². The second-order valence-electron chi connectivity index (χ2n) is 7.49. The van der Waals surface area contributed by atoms with E-state index in [2.05, 4.69) is 26.8 Å². The molecule has 0 bridgehead atoms. The standard InChI is InChI=1S/C18H32N4OS2/c1-2-21-18(24)22(15-11-7-4-8-12-15)17(25-21)20-16(23)19-13-14-9-5-3-6-10-14/h14-15,17H,2-13H2,1H3,(H2,19,20,23). The Kier molecular flexibility index (Phi) is 7.10. The molecule has 2 N–H and O–H groups in total. The molecule has 25 heavy (non-hydrogen) atoms. The Morgan fingerprint density at radius 3 is 2.40 bits per heavy atom. The van der Waals surface area contributed by atoms with Crippen LogP contribution in [-0.4, -0.2) is 45.0 Å². The number of nitrogens with one attached hydrogen (secondary N) is 2. The van der Waals surface area contributed by atoms with Gasteiger partial charge in [-0.2, -0.15) is 0 Å². The molecule has 0 aromatic rings. The van der Waals surface area contributed by atoms with Crippen LogP contribution in [0.1, 0.15) is 71.1 Å². The van der Waals surface area contributed by atoms with Crippen molar-refractivity contribution >= 4 is 35.3 Å². The average Bonchev–Trinajstić information content (AvgIpc) is 2.96. The summed E-state index contributed by atoms with van der Waals surface area (Å²) in [5.41, 5.74) is -0.0677. The van der Waals surface area contributed by atoms with Gasteiger partial charge in [0.2, 0.25) is 0 Å². The van der Waals surface area contributed by atoms with Gasteiger partial charge in [-0.25, -0.2) is 4.79 Å². The molecule has 0 aromatic carbocycles. The molecule has 7 heteroatoms. The first-order valence-electron chi connectivity index (χ1n) is 10.00. The number of amides is 2. The second kappa shape index (κ2) is 9.31. The summed E-state index contributed by atoms with van der Waals surface area (Å²) in [6.45, 7) is 3.78. The molecule has 3 fully saturated rings. The molecule has 2 amide bonds. The van der Waals surface area contributed by atoms with E-state index in [1.165, 1.54) is 64.2 Å². The largest absolute Gasteiger partial charge is 0.338 e. The van der Waals surface area contributed by atoms with Crippen LogP contribution in [-0.2, 0) is 0 Å². The normalized spacial score (nSPS) is 26.1. The molecule has 142 valence electrons. The highest BCUT2D eigenvalue weighted by Crippen LogP contribution is 2.35. The van der Waals surface area contributed by atoms with Crippen molar-refractivity contribution in [2.75, 3.05) is 13.1 Å². The van der Waals surface area contributed by atoms with Crippen LogP contribution >= 0.6 is 24.2 Å². The highest BCUT2D eigenvalue weighted by molar-refractivity contribution is 7.99. The third-order valence-corrected chi connectivity index (χ3v) is 7.48. The molecule has 1 heterocycles. The SMILES string of the molecule is CCN1SC(NC(=O)NCC2CCCCC2)N(C2CCCCC2)C1=S. The van der Waals surface area contributed by atoms with E-state index in [1.807, 2.05) is 0 Å². The molecule has 1 aliphatic heterocycles. The van der Waals surface area contributed by atoms with Crippen LogP contribution in [0.4, 0.5) is 4.79 Å². The molecule has 2 aliphatic carbocycles. The Labute approximate surface area is 161 Å². The van der Waals surface area contributed by atoms with E-state index in [4.69, 9.17) is 12.2 Å². The summed E-state index contributed by atoms with van der Waals surface area (Å²) in [6.07, 6.45) is 12.7. The van der Waals surface area contributed by atoms with Gasteiger partial charge in [-0.05, 0) is 50.7 Å². The summed E-state index contributed by atoms with van der Waals surface area (Å²) in [5, 5.41) is 7.15. The van der Waals surface area contributed by atoms with E-state index >= 15 is 0 Å². The molecule has 3 rings (SSSR count). The lowest BCUT2D eigenvalue weighted by molar-refractivity contribution is 0.202. The van der Waals surface area contributed by atoms with Crippen molar-refractivity contribution < 1.29 is 4.79 Å². The molecule has 0 spiro atoms. The predicted molar refractivity (Wildman–Crippen MR) is 108 cm³/mol. The van der Waals surface area contributed by atoms with Crippen molar-refractivity contribution in [3.8, 4) is 0 Å². The van der Waals surface area contributed by atoms with Crippen molar-refractivity contribution in [3.05, 3.63) is 0 Å². The van der Waals surface area contributed by atoms with E-state index in [1.54, 1.807) is 11.9 Å². The van der Waals surface area contributed by atoms with Crippen LogP contribution in [0.25, 0.3) is 0 Å². The lowest BCUT2D eigenvalue weighted by Crippen LogP contribution is -2.52. The summed E-state index contributed by atoms with van der Waals surface area (Å²) >= 11 is 7.35. The minimum absolute atomic E-state index is 0.0513. The molecule has 1 unspecified atom stereocenters. The van der Waals surface area contributed by atoms with Gasteiger partial charge in [-0.15, -0.1) is 0 Å². The topological polar surface area (TPSA) is 47.6 Å². The summed E-state index contributed by atoms with van der Waals surface area (Å²) in [6, 6.07) is 0.415. The Hall–Kier alpha value is -0.690. The predicted octanol–water partition coefficient (Wildman–Crippen LogP) is 4.05. The van der Waals surface area contributed by atoms with Crippen LogP contribution in [0, 0.1) is 5.92 Å². The molecule has 0 aromatic heterocycles. The number of urea groups is 1. The van der Waals surface area contributed by atoms with Gasteiger partial charge in [0.15, 0.2) is 10.6 Å². The average molecular weight is 385 g/mol. The van der Waals surface area contributed by atoms with E-state index in [0.29, 0.717) is 12.0 Å². The first kappa shape index (κ1) is 19.1. The smallest absolute Gasteiger partial charge is 0.317 e. The molecule has 1 atom stereocenters. The van der Waals surface area contributed by atoms with Gasteiger partial charge in [0, 0.05) is 31.1 Å². The van der Waals surface area contributed by atoms with Gasteiger partial charge < -0.3 is 15.5 Å². The zero-order valence-electron chi connectivity index (χ0n) is 15.3. The number of thiocarbonyl (C=S) groups is 1. The molecule has 5 nitrogen and oxygen atoms in total. The van der Waals surface area contributed by atoms with Crippen molar-refractivity contribution in [1.29, 1.82) is 0 Å². The van der Waals surface area contributed by atoms with Gasteiger partial charge in [0.25, 0.3) is 0 Å². The maximum Gasteiger partial charge on any atom is 0.317 e. The maximum absolute atomic E-state index is 12.4. The Bertz CT molecular complexity index is 464. The quantitative estimate of drug-likeness (QED) is 0.553. The third-order valence-electron chi connectivity index (χ3n) is 5.70. The fourth-order valence-electron chi connectivity index (χ4n) is 4.25. The van der Waals surface area contributed by atoms with Gasteiger partial charge in [-0.1, -0.05) is 38.5 Å². The van der Waals surface area contributed by atoms with E-state index in [-0.39, 0.29) is 11.5 Å². The van der Waals surface area contributed by atoms with Crippen LogP contribution in [0.5, 0.6) is 0 Å². The summed E-state index contributed by atoms with van der Waals surface area (Å²) in [7, 11) is 0. The molecule has 1 saturated heterocycles. The first-order chi connectivity index (χ1) is 12.2. The van der Waals surface area contributed by atoms with Gasteiger partial charge in [0.05, 0.1) is 0 Å². The molecular formula is C18H32N4OS2. The van der Waals surface area contributed by atoms with Crippen molar-refractivity contribution in [1.82, 2.24) is 19.8 Å². The molecular weight excluding hydrogens is 352 g/mol. The zero-order valence-corrected chi connectivity index (χ0v) is 17.0. The van der Waals surface area contributed by atoms with Crippen LogP contribution in [0.2, 0.25) is 0 Å². The van der Waals surface area contributed by atoms with Crippen LogP contribution < -0.4 is 10.6 Å². The number of carbonyl (C=O) groups is 1. The Morgan fingerprint density at radius 2 is 1.76 bits per heavy atom.